The van der Waals surface area contributed by atoms with E-state index in [0.29, 0.717) is 32.7 Å². The lowest BCUT2D eigenvalue weighted by molar-refractivity contribution is -0.113. The zero-order valence-electron chi connectivity index (χ0n) is 15.6. The van der Waals surface area contributed by atoms with Crippen LogP contribution in [0.4, 0.5) is 14.5 Å². The van der Waals surface area contributed by atoms with Crippen molar-refractivity contribution in [1.82, 2.24) is 10.6 Å². The molecule has 0 saturated carbocycles. The first-order chi connectivity index (χ1) is 13.7. The molecule has 1 atom stereocenters. The van der Waals surface area contributed by atoms with E-state index >= 15 is 0 Å². The number of ether oxygens (including phenoxy) is 1. The van der Waals surface area contributed by atoms with Gasteiger partial charge < -0.3 is 20.7 Å². The highest BCUT2D eigenvalue weighted by molar-refractivity contribution is 7.80. The summed E-state index contributed by atoms with van der Waals surface area (Å²) in [6.45, 7) is 0.697. The average Bonchev–Trinajstić information content (AvgIpc) is 2.64. The van der Waals surface area contributed by atoms with Gasteiger partial charge in [0.15, 0.2) is 5.11 Å². The molecule has 0 radical (unpaired) electrons. The topological polar surface area (TPSA) is 62.4 Å². The molecule has 5 nitrogen and oxygen atoms in total. The maximum absolute atomic E-state index is 13.1. The number of halogens is 3. The molecule has 0 fully saturated rings. The van der Waals surface area contributed by atoms with E-state index in [1.165, 1.54) is 12.1 Å². The smallest absolute Gasteiger partial charge is 0.387 e. The normalized spacial score (nSPS) is 16.3. The van der Waals surface area contributed by atoms with Gasteiger partial charge in [-0.15, -0.1) is 0 Å². The molecule has 152 valence electrons. The first-order valence-corrected chi connectivity index (χ1v) is 9.44. The van der Waals surface area contributed by atoms with E-state index in [1.807, 2.05) is 13.0 Å². The number of amides is 1. The van der Waals surface area contributed by atoms with Gasteiger partial charge in [0.05, 0.1) is 11.6 Å². The lowest BCUT2D eigenvalue weighted by Gasteiger charge is -2.30. The molecule has 29 heavy (non-hydrogen) atoms. The SMILES string of the molecule is CC1=C(C(=O)Nc2cc(Cl)ccc2C)C(c2ccc(OC(F)F)cc2)NC(=S)N1. The van der Waals surface area contributed by atoms with Crippen molar-refractivity contribution in [3.8, 4) is 5.75 Å². The summed E-state index contributed by atoms with van der Waals surface area (Å²) in [7, 11) is 0. The number of thiocarbonyl (C=S) groups is 1. The molecule has 0 aromatic heterocycles. The molecule has 1 aliphatic heterocycles. The predicted molar refractivity (Wildman–Crippen MR) is 112 cm³/mol. The Bertz CT molecular complexity index is 980. The Hall–Kier alpha value is -2.71. The van der Waals surface area contributed by atoms with Crippen LogP contribution in [0.25, 0.3) is 0 Å². The zero-order valence-corrected chi connectivity index (χ0v) is 17.1. The highest BCUT2D eigenvalue weighted by atomic mass is 35.5. The zero-order chi connectivity index (χ0) is 21.1. The van der Waals surface area contributed by atoms with Crippen LogP contribution in [0.5, 0.6) is 5.75 Å². The van der Waals surface area contributed by atoms with Crippen molar-refractivity contribution in [3.63, 3.8) is 0 Å². The van der Waals surface area contributed by atoms with Gasteiger partial charge in [-0.05, 0) is 61.5 Å². The third-order valence-electron chi connectivity index (χ3n) is 4.40. The molecule has 3 N–H and O–H groups in total. The standard InChI is InChI=1S/C20H18ClF2N3O2S/c1-10-3-6-13(21)9-15(10)25-18(27)16-11(2)24-20(29)26-17(16)12-4-7-14(8-5-12)28-19(22)23/h3-9,17,19H,1-2H3,(H,25,27)(H2,24,26,29). The van der Waals surface area contributed by atoms with Crippen LogP contribution in [0.15, 0.2) is 53.7 Å². The van der Waals surface area contributed by atoms with Crippen LogP contribution < -0.4 is 20.7 Å². The number of nitrogens with one attached hydrogen (secondary N) is 3. The number of hydrogen-bond donors (Lipinski definition) is 3. The number of carbonyl (C=O) groups excluding carboxylic acids is 1. The highest BCUT2D eigenvalue weighted by Crippen LogP contribution is 2.30. The number of aryl methyl sites for hydroxylation is 1. The van der Waals surface area contributed by atoms with Crippen LogP contribution in [-0.4, -0.2) is 17.6 Å². The number of allylic oxidation sites excluding steroid dienone is 1. The Morgan fingerprint density at radius 1 is 1.21 bits per heavy atom. The molecule has 0 bridgehead atoms. The second-order valence-corrected chi connectivity index (χ2v) is 7.28. The summed E-state index contributed by atoms with van der Waals surface area (Å²) in [6, 6.07) is 10.7. The van der Waals surface area contributed by atoms with Gasteiger partial charge in [0.1, 0.15) is 5.75 Å². The van der Waals surface area contributed by atoms with Gasteiger partial charge >= 0.3 is 6.61 Å². The fourth-order valence-electron chi connectivity index (χ4n) is 3.01. The maximum Gasteiger partial charge on any atom is 0.387 e. The van der Waals surface area contributed by atoms with Crippen molar-refractivity contribution in [2.45, 2.75) is 26.5 Å². The van der Waals surface area contributed by atoms with E-state index in [1.54, 1.807) is 31.2 Å². The molecular formula is C20H18ClF2N3O2S. The van der Waals surface area contributed by atoms with Crippen LogP contribution in [0.2, 0.25) is 5.02 Å². The molecule has 1 amide bonds. The molecular weight excluding hydrogens is 420 g/mol. The van der Waals surface area contributed by atoms with Crippen molar-refractivity contribution >= 4 is 40.5 Å². The highest BCUT2D eigenvalue weighted by Gasteiger charge is 2.30. The summed E-state index contributed by atoms with van der Waals surface area (Å²) in [5.74, 6) is -0.310. The van der Waals surface area contributed by atoms with E-state index in [2.05, 4.69) is 20.7 Å². The minimum atomic E-state index is -2.91. The molecule has 0 aliphatic carbocycles. The Labute approximate surface area is 177 Å². The maximum atomic E-state index is 13.1. The Kier molecular flexibility index (Phi) is 6.34. The minimum Gasteiger partial charge on any atom is -0.435 e. The summed E-state index contributed by atoms with van der Waals surface area (Å²) >= 11 is 11.3. The molecule has 1 heterocycles. The van der Waals surface area contributed by atoms with Crippen LogP contribution in [0, 0.1) is 6.92 Å². The summed E-state index contributed by atoms with van der Waals surface area (Å²) in [6.07, 6.45) is 0. The molecule has 1 unspecified atom stereocenters. The van der Waals surface area contributed by atoms with E-state index in [0.717, 1.165) is 5.56 Å². The van der Waals surface area contributed by atoms with Crippen molar-refractivity contribution in [3.05, 3.63) is 69.9 Å². The van der Waals surface area contributed by atoms with Gasteiger partial charge in [-0.1, -0.05) is 29.8 Å². The lowest BCUT2D eigenvalue weighted by Crippen LogP contribution is -2.45. The Balaban J connectivity index is 1.91. The van der Waals surface area contributed by atoms with Crippen molar-refractivity contribution < 1.29 is 18.3 Å². The number of alkyl halides is 2. The molecule has 1 aliphatic rings. The van der Waals surface area contributed by atoms with Gasteiger partial charge in [-0.3, -0.25) is 4.79 Å². The first kappa shape index (κ1) is 21.0. The van der Waals surface area contributed by atoms with E-state index in [-0.39, 0.29) is 11.7 Å². The lowest BCUT2D eigenvalue weighted by atomic mass is 9.94. The molecule has 2 aromatic carbocycles. The van der Waals surface area contributed by atoms with Crippen molar-refractivity contribution in [1.29, 1.82) is 0 Å². The third-order valence-corrected chi connectivity index (χ3v) is 4.86. The van der Waals surface area contributed by atoms with Crippen molar-refractivity contribution in [2.24, 2.45) is 0 Å². The number of anilines is 1. The van der Waals surface area contributed by atoms with Gasteiger partial charge in [-0.2, -0.15) is 8.78 Å². The monoisotopic (exact) mass is 437 g/mol. The molecule has 0 spiro atoms. The second-order valence-electron chi connectivity index (χ2n) is 6.43. The van der Waals surface area contributed by atoms with Crippen molar-refractivity contribution in [2.75, 3.05) is 5.32 Å². The molecule has 3 rings (SSSR count). The van der Waals surface area contributed by atoms with Crippen LogP contribution >= 0.6 is 23.8 Å². The number of benzene rings is 2. The first-order valence-electron chi connectivity index (χ1n) is 8.65. The van der Waals surface area contributed by atoms with Gasteiger partial charge in [0.25, 0.3) is 5.91 Å². The summed E-state index contributed by atoms with van der Waals surface area (Å²) in [5, 5.41) is 9.74. The average molecular weight is 438 g/mol. The number of carbonyl (C=O) groups is 1. The van der Waals surface area contributed by atoms with E-state index in [4.69, 9.17) is 23.8 Å². The quantitative estimate of drug-likeness (QED) is 0.593. The second kappa shape index (κ2) is 8.75. The Morgan fingerprint density at radius 3 is 2.55 bits per heavy atom. The van der Waals surface area contributed by atoms with Crippen LogP contribution in [0.1, 0.15) is 24.1 Å². The fraction of sp³-hybridized carbons (Fsp3) is 0.200. The predicted octanol–water partition coefficient (Wildman–Crippen LogP) is 4.68. The number of rotatable bonds is 5. The molecule has 0 saturated heterocycles. The molecule has 2 aromatic rings. The summed E-state index contributed by atoms with van der Waals surface area (Å²) < 4.78 is 29.1. The van der Waals surface area contributed by atoms with Crippen LogP contribution in [0.3, 0.4) is 0 Å². The minimum absolute atomic E-state index is 0.0292. The van der Waals surface area contributed by atoms with E-state index < -0.39 is 12.7 Å². The van der Waals surface area contributed by atoms with Gasteiger partial charge in [0.2, 0.25) is 0 Å². The van der Waals surface area contributed by atoms with Gasteiger partial charge in [0, 0.05) is 16.4 Å². The van der Waals surface area contributed by atoms with Crippen LogP contribution in [-0.2, 0) is 4.79 Å². The largest absolute Gasteiger partial charge is 0.435 e. The summed E-state index contributed by atoms with van der Waals surface area (Å²) in [5.41, 5.74) is 3.13. The van der Waals surface area contributed by atoms with Gasteiger partial charge in [-0.25, -0.2) is 0 Å². The third kappa shape index (κ3) is 5.02. The fourth-order valence-corrected chi connectivity index (χ4v) is 3.45. The molecule has 9 heteroatoms. The van der Waals surface area contributed by atoms with E-state index in [9.17, 15) is 13.6 Å². The Morgan fingerprint density at radius 2 is 1.90 bits per heavy atom. The number of hydrogen-bond acceptors (Lipinski definition) is 3. The summed E-state index contributed by atoms with van der Waals surface area (Å²) in [4.78, 5) is 13.1.